The molecule has 0 saturated carbocycles. The van der Waals surface area contributed by atoms with E-state index in [0.29, 0.717) is 10.0 Å². The number of halogens is 1. The third kappa shape index (κ3) is 2.04. The van der Waals surface area contributed by atoms with Crippen LogP contribution in [0.3, 0.4) is 0 Å². The number of aromatic nitrogens is 1. The molecule has 0 unspecified atom stereocenters. The zero-order valence-corrected chi connectivity index (χ0v) is 9.38. The first-order valence-corrected chi connectivity index (χ1v) is 4.88. The van der Waals surface area contributed by atoms with Crippen LogP contribution in [0, 0.1) is 0 Å². The molecular formula is C9H10BrNO3. The first-order chi connectivity index (χ1) is 6.43. The molecule has 1 aromatic heterocycles. The van der Waals surface area contributed by atoms with E-state index in [4.69, 9.17) is 5.11 Å². The lowest BCUT2D eigenvalue weighted by Crippen LogP contribution is -2.17. The Morgan fingerprint density at radius 1 is 1.57 bits per heavy atom. The average molecular weight is 260 g/mol. The molecule has 0 aromatic carbocycles. The van der Waals surface area contributed by atoms with Crippen LogP contribution in [-0.2, 0) is 0 Å². The molecule has 0 fully saturated rings. The van der Waals surface area contributed by atoms with Crippen molar-refractivity contribution in [1.29, 1.82) is 0 Å². The highest BCUT2D eigenvalue weighted by Gasteiger charge is 2.15. The number of H-pyrrole nitrogens is 1. The summed E-state index contributed by atoms with van der Waals surface area (Å²) < 4.78 is 0.353. The Hall–Kier alpha value is -1.10. The van der Waals surface area contributed by atoms with Gasteiger partial charge in [0.2, 0.25) is 0 Å². The molecule has 0 amide bonds. The highest BCUT2D eigenvalue weighted by atomic mass is 79.9. The van der Waals surface area contributed by atoms with Crippen LogP contribution in [0.1, 0.15) is 35.8 Å². The predicted molar refractivity (Wildman–Crippen MR) is 55.8 cm³/mol. The van der Waals surface area contributed by atoms with Crippen molar-refractivity contribution in [1.82, 2.24) is 4.98 Å². The molecule has 1 heterocycles. The van der Waals surface area contributed by atoms with E-state index in [2.05, 4.69) is 20.9 Å². The first kappa shape index (κ1) is 11.0. The van der Waals surface area contributed by atoms with Crippen molar-refractivity contribution in [2.75, 3.05) is 0 Å². The fourth-order valence-corrected chi connectivity index (χ4v) is 1.50. The lowest BCUT2D eigenvalue weighted by atomic mass is 10.0. The topological polar surface area (TPSA) is 70.2 Å². The average Bonchev–Trinajstić information content (AvgIpc) is 2.08. The molecule has 0 saturated heterocycles. The number of carboxylic acids is 1. The zero-order chi connectivity index (χ0) is 10.9. The van der Waals surface area contributed by atoms with Crippen LogP contribution >= 0.6 is 15.9 Å². The summed E-state index contributed by atoms with van der Waals surface area (Å²) in [6, 6.07) is 1.55. The van der Waals surface area contributed by atoms with Crippen molar-refractivity contribution in [3.8, 4) is 0 Å². The first-order valence-electron chi connectivity index (χ1n) is 4.09. The number of pyridine rings is 1. The maximum Gasteiger partial charge on any atom is 0.352 e. The van der Waals surface area contributed by atoms with Gasteiger partial charge in [-0.2, -0.15) is 0 Å². The molecule has 1 aromatic rings. The number of hydrogen-bond donors (Lipinski definition) is 2. The second-order valence-corrected chi connectivity index (χ2v) is 4.09. The van der Waals surface area contributed by atoms with Crippen molar-refractivity contribution < 1.29 is 9.90 Å². The smallest absolute Gasteiger partial charge is 0.352 e. The number of rotatable bonds is 2. The van der Waals surface area contributed by atoms with E-state index in [0.717, 1.165) is 0 Å². The standard InChI is InChI=1S/C9H10BrNO3/c1-4(2)5-3-6(10)8(12)11-7(5)9(13)14/h3-4H,1-2H3,(H,11,12)(H,13,14). The molecule has 1 rings (SSSR count). The number of aromatic carboxylic acids is 1. The highest BCUT2D eigenvalue weighted by molar-refractivity contribution is 9.10. The molecular weight excluding hydrogens is 250 g/mol. The Morgan fingerprint density at radius 3 is 2.57 bits per heavy atom. The summed E-state index contributed by atoms with van der Waals surface area (Å²) in [5.41, 5.74) is 0.156. The number of aromatic amines is 1. The molecule has 0 aliphatic heterocycles. The van der Waals surface area contributed by atoms with Gasteiger partial charge in [-0.25, -0.2) is 4.79 Å². The second-order valence-electron chi connectivity index (χ2n) is 3.24. The highest BCUT2D eigenvalue weighted by Crippen LogP contribution is 2.19. The van der Waals surface area contributed by atoms with Crippen LogP contribution in [0.5, 0.6) is 0 Å². The fraction of sp³-hybridized carbons (Fsp3) is 0.333. The molecule has 76 valence electrons. The molecule has 14 heavy (non-hydrogen) atoms. The summed E-state index contributed by atoms with van der Waals surface area (Å²) in [5.74, 6) is -1.06. The van der Waals surface area contributed by atoms with Gasteiger partial charge in [0.05, 0.1) is 4.47 Å². The number of carbonyl (C=O) groups is 1. The Morgan fingerprint density at radius 2 is 2.14 bits per heavy atom. The van der Waals surface area contributed by atoms with Gasteiger partial charge >= 0.3 is 5.97 Å². The minimum atomic E-state index is -1.11. The van der Waals surface area contributed by atoms with Crippen LogP contribution < -0.4 is 5.56 Å². The molecule has 5 heteroatoms. The summed E-state index contributed by atoms with van der Waals surface area (Å²) in [6.45, 7) is 3.74. The van der Waals surface area contributed by atoms with Gasteiger partial charge < -0.3 is 10.1 Å². The van der Waals surface area contributed by atoms with Crippen LogP contribution in [0.15, 0.2) is 15.3 Å². The molecule has 0 bridgehead atoms. The van der Waals surface area contributed by atoms with Crippen molar-refractivity contribution in [3.63, 3.8) is 0 Å². The van der Waals surface area contributed by atoms with Crippen molar-refractivity contribution in [2.45, 2.75) is 19.8 Å². The predicted octanol–water partition coefficient (Wildman–Crippen LogP) is 1.96. The molecule has 0 aliphatic rings. The third-order valence-electron chi connectivity index (χ3n) is 1.86. The van der Waals surface area contributed by atoms with Gasteiger partial charge in [0.25, 0.3) is 5.56 Å². The lowest BCUT2D eigenvalue weighted by Gasteiger charge is -2.09. The largest absolute Gasteiger partial charge is 0.477 e. The SMILES string of the molecule is CC(C)c1cc(Br)c(=O)[nH]c1C(=O)O. The summed E-state index contributed by atoms with van der Waals surface area (Å²) in [4.78, 5) is 24.3. The van der Waals surface area contributed by atoms with E-state index in [1.54, 1.807) is 6.07 Å². The van der Waals surface area contributed by atoms with Crippen LogP contribution in [-0.4, -0.2) is 16.1 Å². The van der Waals surface area contributed by atoms with Gasteiger partial charge in [-0.15, -0.1) is 0 Å². The summed E-state index contributed by atoms with van der Waals surface area (Å²) in [6.07, 6.45) is 0. The monoisotopic (exact) mass is 259 g/mol. The van der Waals surface area contributed by atoms with E-state index in [1.165, 1.54) is 0 Å². The number of carboxylic acid groups (broad SMARTS) is 1. The Kier molecular flexibility index (Phi) is 3.10. The van der Waals surface area contributed by atoms with Gasteiger partial charge in [-0.1, -0.05) is 13.8 Å². The van der Waals surface area contributed by atoms with E-state index in [1.807, 2.05) is 13.8 Å². The molecule has 0 atom stereocenters. The number of hydrogen-bond acceptors (Lipinski definition) is 2. The Bertz CT molecular complexity index is 423. The van der Waals surface area contributed by atoms with Gasteiger partial charge in [0.15, 0.2) is 0 Å². The normalized spacial score (nSPS) is 10.6. The van der Waals surface area contributed by atoms with Crippen molar-refractivity contribution >= 4 is 21.9 Å². The third-order valence-corrected chi connectivity index (χ3v) is 2.45. The molecule has 0 radical (unpaired) electrons. The van der Waals surface area contributed by atoms with Crippen LogP contribution in [0.25, 0.3) is 0 Å². The Labute approximate surface area is 89.1 Å². The Balaban J connectivity index is 3.47. The molecule has 0 aliphatic carbocycles. The minimum Gasteiger partial charge on any atom is -0.477 e. The fourth-order valence-electron chi connectivity index (χ4n) is 1.15. The van der Waals surface area contributed by atoms with E-state index in [-0.39, 0.29) is 11.6 Å². The summed E-state index contributed by atoms with van der Waals surface area (Å²) >= 11 is 3.06. The minimum absolute atomic E-state index is 0.0341. The maximum absolute atomic E-state index is 11.2. The van der Waals surface area contributed by atoms with Gasteiger partial charge in [0, 0.05) is 0 Å². The van der Waals surface area contributed by atoms with Gasteiger partial charge in [-0.3, -0.25) is 4.79 Å². The van der Waals surface area contributed by atoms with E-state index < -0.39 is 11.5 Å². The second kappa shape index (κ2) is 3.96. The molecule has 4 nitrogen and oxygen atoms in total. The van der Waals surface area contributed by atoms with Crippen molar-refractivity contribution in [2.24, 2.45) is 0 Å². The summed E-state index contributed by atoms with van der Waals surface area (Å²) in [7, 11) is 0. The lowest BCUT2D eigenvalue weighted by molar-refractivity contribution is 0.0688. The zero-order valence-electron chi connectivity index (χ0n) is 7.80. The van der Waals surface area contributed by atoms with E-state index >= 15 is 0 Å². The van der Waals surface area contributed by atoms with Crippen LogP contribution in [0.2, 0.25) is 0 Å². The number of nitrogens with one attached hydrogen (secondary N) is 1. The van der Waals surface area contributed by atoms with Gasteiger partial charge in [0.1, 0.15) is 5.69 Å². The maximum atomic E-state index is 11.2. The van der Waals surface area contributed by atoms with Crippen molar-refractivity contribution in [3.05, 3.63) is 32.2 Å². The van der Waals surface area contributed by atoms with Crippen LogP contribution in [0.4, 0.5) is 0 Å². The van der Waals surface area contributed by atoms with Gasteiger partial charge in [-0.05, 0) is 33.5 Å². The van der Waals surface area contributed by atoms with E-state index in [9.17, 15) is 9.59 Å². The quantitative estimate of drug-likeness (QED) is 0.853. The summed E-state index contributed by atoms with van der Waals surface area (Å²) in [5, 5.41) is 8.84. The molecule has 2 N–H and O–H groups in total. The molecule has 0 spiro atoms.